The van der Waals surface area contributed by atoms with Gasteiger partial charge in [-0.15, -0.1) is 0 Å². The van der Waals surface area contributed by atoms with Crippen LogP contribution in [0.2, 0.25) is 0 Å². The van der Waals surface area contributed by atoms with Gasteiger partial charge in [0.1, 0.15) is 6.04 Å². The highest BCUT2D eigenvalue weighted by atomic mass is 32.1. The van der Waals surface area contributed by atoms with Crippen molar-refractivity contribution < 1.29 is 18.3 Å². The number of benzene rings is 1. The summed E-state index contributed by atoms with van der Waals surface area (Å²) in [4.78, 5) is 19.4. The zero-order valence-corrected chi connectivity index (χ0v) is 20.9. The van der Waals surface area contributed by atoms with E-state index in [2.05, 4.69) is 21.4 Å². The third kappa shape index (κ3) is 4.98. The first-order valence-corrected chi connectivity index (χ1v) is 11.4. The molecule has 0 unspecified atom stereocenters. The van der Waals surface area contributed by atoms with Gasteiger partial charge in [0, 0.05) is 18.9 Å². The fourth-order valence-corrected chi connectivity index (χ4v) is 4.72. The molecule has 186 valence electrons. The summed E-state index contributed by atoms with van der Waals surface area (Å²) in [6, 6.07) is 4.46. The molecule has 0 spiro atoms. The first kappa shape index (κ1) is 25.0. The fourth-order valence-electron chi connectivity index (χ4n) is 4.72. The van der Waals surface area contributed by atoms with Crippen LogP contribution in [0.1, 0.15) is 35.4 Å². The molecule has 1 atom stereocenters. The number of methoxy groups -OCH3 is 1. The number of likely N-dealkylation sites (N-methyl/N-ethyl adjacent to an activating group) is 1. The van der Waals surface area contributed by atoms with E-state index in [1.165, 1.54) is 19.2 Å². The summed E-state index contributed by atoms with van der Waals surface area (Å²) < 4.78 is 34.3. The number of pyridine rings is 1. The Balaban J connectivity index is 0.00000289. The number of amides is 1. The number of hydrogen-bond donors (Lipinski definition) is 1. The quantitative estimate of drug-likeness (QED) is 0.530. The molecule has 1 N–H and O–H groups in total. The largest absolute Gasteiger partial charge is 0.491 e. The van der Waals surface area contributed by atoms with E-state index in [4.69, 9.17) is 9.72 Å². The molecule has 1 saturated carbocycles. The van der Waals surface area contributed by atoms with Crippen molar-refractivity contribution >= 4 is 30.8 Å². The normalized spacial score (nSPS) is 17.0. The zero-order valence-electron chi connectivity index (χ0n) is 19.9. The maximum absolute atomic E-state index is 14.0. The van der Waals surface area contributed by atoms with Crippen LogP contribution in [0.15, 0.2) is 30.6 Å². The molecule has 1 fully saturated rings. The molecule has 3 heterocycles. The molecule has 2 aliphatic rings. The molecule has 5 rings (SSSR count). The molecule has 7 nitrogen and oxygen atoms in total. The van der Waals surface area contributed by atoms with E-state index in [-0.39, 0.29) is 37.7 Å². The predicted molar refractivity (Wildman–Crippen MR) is 135 cm³/mol. The predicted octanol–water partition coefficient (Wildman–Crippen LogP) is 3.99. The van der Waals surface area contributed by atoms with Crippen LogP contribution in [0.25, 0.3) is 0 Å². The topological polar surface area (TPSA) is 72.3 Å². The van der Waals surface area contributed by atoms with E-state index in [1.807, 2.05) is 20.2 Å². The second-order valence-electron chi connectivity index (χ2n) is 9.11. The fraction of sp³-hybridized carbons (Fsp3) is 0.400. The number of carbonyl (C=O) groups excluding carboxylic acids is 1. The Bertz CT molecular complexity index is 1240. The number of hydrogen-bond acceptors (Lipinski definition) is 5. The van der Waals surface area contributed by atoms with Crippen molar-refractivity contribution in [3.05, 3.63) is 64.7 Å². The Morgan fingerprint density at radius 1 is 1.14 bits per heavy atom. The molecular formula is C25H29F2N5O2S. The Kier molecular flexibility index (Phi) is 7.02. The number of carbonyl (C=O) groups is 1. The Morgan fingerprint density at radius 3 is 2.51 bits per heavy atom. The number of halogens is 2. The van der Waals surface area contributed by atoms with Gasteiger partial charge in [0.2, 0.25) is 5.91 Å². The molecule has 1 amide bonds. The van der Waals surface area contributed by atoms with Gasteiger partial charge in [0.05, 0.1) is 36.9 Å². The van der Waals surface area contributed by atoms with Crippen LogP contribution in [-0.2, 0) is 24.2 Å². The minimum Gasteiger partial charge on any atom is -0.491 e. The van der Waals surface area contributed by atoms with Gasteiger partial charge in [-0.25, -0.2) is 8.78 Å². The average molecular weight is 502 g/mol. The minimum absolute atomic E-state index is 0. The molecule has 1 aliphatic carbocycles. The number of aryl methyl sites for hydroxylation is 3. The maximum atomic E-state index is 14.0. The van der Waals surface area contributed by atoms with Gasteiger partial charge in [0.25, 0.3) is 0 Å². The highest BCUT2D eigenvalue weighted by Crippen LogP contribution is 2.42. The van der Waals surface area contributed by atoms with E-state index >= 15 is 0 Å². The molecule has 0 radical (unpaired) electrons. The lowest BCUT2D eigenvalue weighted by molar-refractivity contribution is -0.118. The summed E-state index contributed by atoms with van der Waals surface area (Å²) in [5, 5.41) is 7.39. The minimum atomic E-state index is -0.733. The molecule has 35 heavy (non-hydrogen) atoms. The second kappa shape index (κ2) is 9.85. The molecule has 1 aromatic carbocycles. The molecule has 1 aliphatic heterocycles. The number of aromatic nitrogens is 3. The maximum Gasteiger partial charge on any atom is 0.247 e. The van der Waals surface area contributed by atoms with E-state index in [0.717, 1.165) is 47.6 Å². The lowest BCUT2D eigenvalue weighted by Crippen LogP contribution is -2.47. The molecular weight excluding hydrogens is 472 g/mol. The van der Waals surface area contributed by atoms with Gasteiger partial charge in [-0.2, -0.15) is 18.6 Å². The van der Waals surface area contributed by atoms with Crippen molar-refractivity contribution in [2.75, 3.05) is 24.4 Å². The van der Waals surface area contributed by atoms with Gasteiger partial charge in [-0.1, -0.05) is 0 Å². The SMILES string of the molecule is COc1c(F)cc(Cn2cc(CCc3cc4c(c(C)n3)NC(=O)[C@H](C3CC3)N4C)cn2)cc1F.S. The third-order valence-electron chi connectivity index (χ3n) is 6.58. The highest BCUT2D eigenvalue weighted by Gasteiger charge is 2.42. The van der Waals surface area contributed by atoms with E-state index in [9.17, 15) is 13.6 Å². The summed E-state index contributed by atoms with van der Waals surface area (Å²) in [7, 11) is 3.22. The molecule has 0 bridgehead atoms. The van der Waals surface area contributed by atoms with Crippen molar-refractivity contribution in [3.63, 3.8) is 0 Å². The number of fused-ring (bicyclic) bond motifs is 1. The van der Waals surface area contributed by atoms with Crippen LogP contribution < -0.4 is 15.0 Å². The molecule has 2 aromatic heterocycles. The van der Waals surface area contributed by atoms with Gasteiger partial charge >= 0.3 is 0 Å². The number of anilines is 2. The standard InChI is InChI=1S/C25H27F2N5O2.H2S/c1-14-22-21(31(2)23(17-5-6-17)25(33)30-22)10-18(29-14)7-4-15-11-28-32(12-15)13-16-8-19(26)24(34-3)20(27)9-16;/h8-12,17,23H,4-7,13H2,1-3H3,(H,30,33);1H2/t23-;/m0./s1. The van der Waals surface area contributed by atoms with E-state index in [0.29, 0.717) is 17.9 Å². The smallest absolute Gasteiger partial charge is 0.247 e. The van der Waals surface area contributed by atoms with Crippen LogP contribution in [0.3, 0.4) is 0 Å². The van der Waals surface area contributed by atoms with Crippen LogP contribution in [0.5, 0.6) is 5.75 Å². The van der Waals surface area contributed by atoms with E-state index in [1.54, 1.807) is 10.9 Å². The lowest BCUT2D eigenvalue weighted by atomic mass is 10.0. The van der Waals surface area contributed by atoms with E-state index < -0.39 is 11.6 Å². The number of rotatable bonds is 7. The van der Waals surface area contributed by atoms with Crippen molar-refractivity contribution in [2.24, 2.45) is 5.92 Å². The van der Waals surface area contributed by atoms with Crippen LogP contribution in [-0.4, -0.2) is 40.9 Å². The van der Waals surface area contributed by atoms with Crippen molar-refractivity contribution in [1.29, 1.82) is 0 Å². The number of ether oxygens (including phenoxy) is 1. The zero-order chi connectivity index (χ0) is 24.0. The summed E-state index contributed by atoms with van der Waals surface area (Å²) in [5.74, 6) is -1.37. The van der Waals surface area contributed by atoms with Gasteiger partial charge in [0.15, 0.2) is 17.4 Å². The summed E-state index contributed by atoms with van der Waals surface area (Å²) in [5.41, 5.74) is 5.03. The first-order valence-electron chi connectivity index (χ1n) is 11.4. The van der Waals surface area contributed by atoms with Crippen molar-refractivity contribution in [1.82, 2.24) is 14.8 Å². The van der Waals surface area contributed by atoms with Gasteiger partial charge < -0.3 is 15.0 Å². The molecule has 10 heteroatoms. The Labute approximate surface area is 209 Å². The van der Waals surface area contributed by atoms with Crippen molar-refractivity contribution in [2.45, 2.75) is 45.2 Å². The van der Waals surface area contributed by atoms with Crippen LogP contribution >= 0.6 is 13.5 Å². The summed E-state index contributed by atoms with van der Waals surface area (Å²) >= 11 is 0. The Morgan fingerprint density at radius 2 is 1.86 bits per heavy atom. The monoisotopic (exact) mass is 501 g/mol. The second-order valence-corrected chi connectivity index (χ2v) is 9.11. The molecule has 3 aromatic rings. The third-order valence-corrected chi connectivity index (χ3v) is 6.58. The summed E-state index contributed by atoms with van der Waals surface area (Å²) in [6.45, 7) is 2.17. The average Bonchev–Trinajstić information content (AvgIpc) is 3.51. The Hall–Kier alpha value is -3.14. The number of nitrogens with zero attached hydrogens (tertiary/aromatic N) is 4. The summed E-state index contributed by atoms with van der Waals surface area (Å²) in [6.07, 6.45) is 7.25. The van der Waals surface area contributed by atoms with Crippen LogP contribution in [0, 0.1) is 24.5 Å². The molecule has 0 saturated heterocycles. The lowest BCUT2D eigenvalue weighted by Gasteiger charge is -2.36. The van der Waals surface area contributed by atoms with Crippen molar-refractivity contribution in [3.8, 4) is 5.75 Å². The number of nitrogens with one attached hydrogen (secondary N) is 1. The van der Waals surface area contributed by atoms with Crippen LogP contribution in [0.4, 0.5) is 20.2 Å². The highest BCUT2D eigenvalue weighted by molar-refractivity contribution is 7.59. The van der Waals surface area contributed by atoms with Gasteiger partial charge in [-0.3, -0.25) is 14.5 Å². The first-order chi connectivity index (χ1) is 16.3. The van der Waals surface area contributed by atoms with Gasteiger partial charge in [-0.05, 0) is 67.9 Å².